The van der Waals surface area contributed by atoms with Crippen LogP contribution in [0.25, 0.3) is 0 Å². The van der Waals surface area contributed by atoms with E-state index >= 15 is 0 Å². The number of sulfonamides is 1. The summed E-state index contributed by atoms with van der Waals surface area (Å²) in [5.41, 5.74) is 0. The van der Waals surface area contributed by atoms with Gasteiger partial charge in [-0.15, -0.1) is 0 Å². The van der Waals surface area contributed by atoms with Gasteiger partial charge in [-0.1, -0.05) is 37.8 Å². The number of urea groups is 1. The number of hydrogen-bond donors (Lipinski definition) is 0. The van der Waals surface area contributed by atoms with E-state index in [1.54, 1.807) is 66.1 Å². The normalized spacial score (nSPS) is 12.3. The molecule has 28 heteroatoms. The van der Waals surface area contributed by atoms with Crippen LogP contribution in [0, 0.1) is 0 Å². The molecule has 2 unspecified atom stereocenters. The zero-order chi connectivity index (χ0) is 81.7. The monoisotopic (exact) mass is 1550 g/mol. The fraction of sp³-hybridized carbons (Fsp3) is 0.930. The largest absolute Gasteiger partial charge is 0.468 e. The SMILES string of the molecule is CC(C)N(C)C(=O)N(C)C(C)C.CC(C)N(C)C(=S)N(C)C(C)C.CC(C)N(C)C(C)C.CC(C)N(C)S(=O)(=O)C(C)C.CC(C)N(C)S(=O)C(C)C.CC(C)OC(=O)N(C)C(C)C.CC(C)OC(=S)N(C)C(C)C.CC(C)SC(=S)N(C)C(C)C.COP(=O)(OC(C)C)N(C)C(C)C. The Morgan fingerprint density at radius 2 is 0.737 bits per heavy atom. The Bertz CT molecular complexity index is 2110. The quantitative estimate of drug-likeness (QED) is 0.0697. The zero-order valence-electron chi connectivity index (χ0n) is 72.8. The molecule has 0 bridgehead atoms. The van der Waals surface area contributed by atoms with E-state index in [4.69, 9.17) is 55.2 Å². The molecule has 2 atom stereocenters. The van der Waals surface area contributed by atoms with Crippen LogP contribution in [0.4, 0.5) is 9.59 Å². The Morgan fingerprint density at radius 1 is 0.414 bits per heavy atom. The summed E-state index contributed by atoms with van der Waals surface area (Å²) < 4.78 is 72.5. The average Bonchev–Trinajstić information content (AvgIpc) is 0.860. The van der Waals surface area contributed by atoms with Crippen molar-refractivity contribution in [1.29, 1.82) is 0 Å². The van der Waals surface area contributed by atoms with Crippen LogP contribution in [-0.2, 0) is 44.1 Å². The van der Waals surface area contributed by atoms with E-state index in [1.165, 1.54) is 11.4 Å². The molecule has 0 aliphatic carbocycles. The maximum atomic E-state index is 12.0. The van der Waals surface area contributed by atoms with Crippen LogP contribution < -0.4 is 0 Å². The molecule has 0 fully saturated rings. The van der Waals surface area contributed by atoms with Crippen LogP contribution in [0.15, 0.2) is 0 Å². The topological polar surface area (TPSA) is 175 Å². The van der Waals surface area contributed by atoms with Crippen molar-refractivity contribution >= 4 is 104 Å². The minimum atomic E-state index is -3.07. The molecule has 21 nitrogen and oxygen atoms in total. The first kappa shape index (κ1) is 116. The summed E-state index contributed by atoms with van der Waals surface area (Å²) in [7, 11) is 15.3. The molecule has 0 rings (SSSR count). The Morgan fingerprint density at radius 3 is 0.919 bits per heavy atom. The van der Waals surface area contributed by atoms with Gasteiger partial charge in [-0.2, -0.15) is 0 Å². The molecule has 0 aliphatic heterocycles. The summed E-state index contributed by atoms with van der Waals surface area (Å²) in [5, 5.41) is 1.99. The molecule has 0 N–H and O–H groups in total. The predicted octanol–water partition coefficient (Wildman–Crippen LogP) is 17.1. The van der Waals surface area contributed by atoms with Gasteiger partial charge in [0.15, 0.2) is 5.11 Å². The number of ether oxygens (including phenoxy) is 2. The molecular formula is C71H162N11O10PS6. The Labute approximate surface area is 637 Å². The Kier molecular flexibility index (Phi) is 70.6. The summed E-state index contributed by atoms with van der Waals surface area (Å²) in [5.74, 6) is 0. The molecule has 0 aliphatic rings. The molecule has 0 aromatic heterocycles. The van der Waals surface area contributed by atoms with E-state index in [0.717, 1.165) is 9.43 Å². The molecule has 0 heterocycles. The van der Waals surface area contributed by atoms with Crippen LogP contribution in [-0.4, -0.2) is 283 Å². The van der Waals surface area contributed by atoms with Gasteiger partial charge in [-0.05, 0) is 274 Å². The van der Waals surface area contributed by atoms with Crippen molar-refractivity contribution in [1.82, 2.24) is 52.5 Å². The van der Waals surface area contributed by atoms with Crippen LogP contribution in [0.3, 0.4) is 0 Å². The fourth-order valence-corrected chi connectivity index (χ4v) is 11.7. The van der Waals surface area contributed by atoms with Gasteiger partial charge in [0.1, 0.15) is 4.32 Å². The van der Waals surface area contributed by atoms with E-state index in [-0.39, 0.29) is 71.1 Å². The van der Waals surface area contributed by atoms with Crippen LogP contribution in [0.5, 0.6) is 0 Å². The first-order valence-electron chi connectivity index (χ1n) is 35.4. The second kappa shape index (κ2) is 60.4. The Hall–Kier alpha value is -1.75. The summed E-state index contributed by atoms with van der Waals surface area (Å²) in [4.78, 5) is 38.3. The lowest BCUT2D eigenvalue weighted by Gasteiger charge is -2.33. The number of rotatable bonds is 23. The van der Waals surface area contributed by atoms with E-state index in [2.05, 4.69) is 124 Å². The van der Waals surface area contributed by atoms with Gasteiger partial charge in [-0.3, -0.25) is 9.05 Å². The molecule has 0 saturated carbocycles. The van der Waals surface area contributed by atoms with Crippen molar-refractivity contribution in [2.45, 2.75) is 356 Å². The van der Waals surface area contributed by atoms with E-state index < -0.39 is 28.8 Å². The lowest BCUT2D eigenvalue weighted by atomic mass is 10.3. The third kappa shape index (κ3) is 59.1. The number of nitrogens with zero attached hydrogens (tertiary/aromatic N) is 11. The lowest BCUT2D eigenvalue weighted by Crippen LogP contribution is -2.45. The maximum Gasteiger partial charge on any atom is 0.409 e. The molecular weight excluding hydrogens is 1390 g/mol. The highest BCUT2D eigenvalue weighted by molar-refractivity contribution is 8.23. The van der Waals surface area contributed by atoms with Crippen molar-refractivity contribution in [2.75, 3.05) is 84.6 Å². The predicted molar refractivity (Wildman–Crippen MR) is 449 cm³/mol. The van der Waals surface area contributed by atoms with E-state index in [1.807, 2.05) is 197 Å². The number of carbonyl (C=O) groups excluding carboxylic acids is 2. The van der Waals surface area contributed by atoms with Crippen molar-refractivity contribution < 1.29 is 45.3 Å². The first-order valence-corrected chi connectivity index (χ1v) is 41.7. The smallest absolute Gasteiger partial charge is 0.409 e. The van der Waals surface area contributed by atoms with Crippen molar-refractivity contribution in [3.05, 3.63) is 0 Å². The summed E-state index contributed by atoms with van der Waals surface area (Å²) in [6.07, 6.45) is -0.227. The van der Waals surface area contributed by atoms with Crippen molar-refractivity contribution in [3.8, 4) is 0 Å². The molecule has 0 saturated heterocycles. The number of thioether (sulfide) groups is 1. The third-order valence-electron chi connectivity index (χ3n) is 15.0. The minimum Gasteiger partial charge on any atom is -0.468 e. The highest BCUT2D eigenvalue weighted by Crippen LogP contribution is 2.52. The van der Waals surface area contributed by atoms with Crippen molar-refractivity contribution in [2.24, 2.45) is 0 Å². The molecule has 0 radical (unpaired) electrons. The molecule has 0 spiro atoms. The highest BCUT2D eigenvalue weighted by atomic mass is 32.2. The molecule has 99 heavy (non-hydrogen) atoms. The zero-order valence-corrected chi connectivity index (χ0v) is 78.6. The second-order valence-corrected chi connectivity index (χ2v) is 39.0. The van der Waals surface area contributed by atoms with Crippen LogP contribution >= 0.6 is 56.2 Å². The number of hydrogen-bond acceptors (Lipinski definition) is 15. The van der Waals surface area contributed by atoms with Crippen LogP contribution in [0.2, 0.25) is 0 Å². The maximum absolute atomic E-state index is 12.0. The molecule has 602 valence electrons. The number of carbonyl (C=O) groups is 2. The fourth-order valence-electron chi connectivity index (χ4n) is 5.43. The van der Waals surface area contributed by atoms with Crippen molar-refractivity contribution in [3.63, 3.8) is 0 Å². The molecule has 0 aromatic rings. The number of amides is 3. The summed E-state index contributed by atoms with van der Waals surface area (Å²) in [6.45, 7) is 72.4. The number of thiocarbonyl (C=S) groups is 3. The molecule has 3 amide bonds. The third-order valence-corrected chi connectivity index (χ3v) is 24.1. The van der Waals surface area contributed by atoms with Gasteiger partial charge in [0.2, 0.25) is 10.0 Å². The lowest BCUT2D eigenvalue weighted by molar-refractivity contribution is 0.0765. The minimum absolute atomic E-state index is 0.0382. The first-order chi connectivity index (χ1) is 44.2. The van der Waals surface area contributed by atoms with Gasteiger partial charge in [0.05, 0.1) is 34.5 Å². The van der Waals surface area contributed by atoms with E-state index in [9.17, 15) is 26.8 Å². The molecule has 0 aromatic carbocycles. The van der Waals surface area contributed by atoms with Gasteiger partial charge in [0.25, 0.3) is 5.17 Å². The summed E-state index contributed by atoms with van der Waals surface area (Å²) in [6, 6.07) is 4.55. The van der Waals surface area contributed by atoms with Crippen LogP contribution in [0.1, 0.15) is 249 Å². The standard InChI is InChI=1S/C9H20N2O.C9H20N2S.C8H20NO3P.C8H17NO2.C8H17NOS.C8H17NS2.C7H17NO2S.C7H17NOS.C7H17N/c2*1-7(2)10(5)9(12)11(6)8(3)4;1-7(2)9(5)13(10,11-6)12-8(3)4;1-6(2)9(5)8(10)11-7(3)4;1-6(2)9(5)8(11)10-7(3)4;1-6(2)9(5)8(10)11-7(3)4;1-6(2)8(5)11(9,10)7(3)4;1-6(2)8(5)10(9)7(3)4;1-6(2)8(5)7(3)4/h2*7-8H,1-6H3;7-8H,1-6H3;4*6-7H,1-5H3;6-7H,1-5H3;6-7H,1-5H3. The van der Waals surface area contributed by atoms with Gasteiger partial charge >= 0.3 is 19.9 Å². The average molecular weight is 1550 g/mol. The second-order valence-electron chi connectivity index (χ2n) is 29.3. The van der Waals surface area contributed by atoms with E-state index in [0.29, 0.717) is 52.7 Å². The van der Waals surface area contributed by atoms with Gasteiger partial charge in [0, 0.05) is 154 Å². The van der Waals surface area contributed by atoms with Gasteiger partial charge in [-0.25, -0.2) is 40.1 Å². The summed E-state index contributed by atoms with van der Waals surface area (Å²) >= 11 is 17.3. The Balaban J connectivity index is -0.000000132. The van der Waals surface area contributed by atoms with Gasteiger partial charge < -0.3 is 48.7 Å². The highest BCUT2D eigenvalue weighted by Gasteiger charge is 2.32.